The zero-order valence-electron chi connectivity index (χ0n) is 20.1. The molecule has 10 nitrogen and oxygen atoms in total. The molecule has 1 aliphatic rings. The van der Waals surface area contributed by atoms with Gasteiger partial charge in [0.2, 0.25) is 0 Å². The summed E-state index contributed by atoms with van der Waals surface area (Å²) in [7, 11) is 2.49. The summed E-state index contributed by atoms with van der Waals surface area (Å²) in [6.07, 6.45) is 0. The number of nitrogens with one attached hydrogen (secondary N) is 2. The summed E-state index contributed by atoms with van der Waals surface area (Å²) >= 11 is 6.18. The van der Waals surface area contributed by atoms with Crippen LogP contribution in [0, 0.1) is 0 Å². The van der Waals surface area contributed by atoms with Crippen LogP contribution in [-0.2, 0) is 19.1 Å². The Labute approximate surface area is 221 Å². The van der Waals surface area contributed by atoms with Gasteiger partial charge < -0.3 is 20.1 Å². The first-order valence-electron chi connectivity index (χ1n) is 11.1. The number of imide groups is 1. The van der Waals surface area contributed by atoms with Crippen molar-refractivity contribution in [1.82, 2.24) is 0 Å². The highest BCUT2D eigenvalue weighted by Crippen LogP contribution is 2.30. The highest BCUT2D eigenvalue weighted by molar-refractivity contribution is 6.53. The Morgan fingerprint density at radius 1 is 0.737 bits per heavy atom. The van der Waals surface area contributed by atoms with E-state index in [1.165, 1.54) is 68.8 Å². The Bertz CT molecular complexity index is 1500. The molecule has 0 spiro atoms. The molecule has 3 aromatic carbocycles. The van der Waals surface area contributed by atoms with Crippen molar-refractivity contribution < 1.29 is 33.4 Å². The van der Waals surface area contributed by atoms with Gasteiger partial charge >= 0.3 is 11.9 Å². The van der Waals surface area contributed by atoms with Crippen LogP contribution in [0.1, 0.15) is 31.1 Å². The summed E-state index contributed by atoms with van der Waals surface area (Å²) in [6.45, 7) is 0. The van der Waals surface area contributed by atoms with Gasteiger partial charge in [0.15, 0.2) is 0 Å². The van der Waals surface area contributed by atoms with Crippen LogP contribution in [0.2, 0.25) is 0 Å². The molecule has 0 radical (unpaired) electrons. The number of rotatable bonds is 7. The molecule has 1 aliphatic heterocycles. The van der Waals surface area contributed by atoms with Gasteiger partial charge in [-0.1, -0.05) is 23.7 Å². The number of amides is 3. The van der Waals surface area contributed by atoms with E-state index in [0.29, 0.717) is 16.9 Å². The van der Waals surface area contributed by atoms with Crippen molar-refractivity contribution in [2.45, 2.75) is 0 Å². The van der Waals surface area contributed by atoms with Crippen molar-refractivity contribution in [3.63, 3.8) is 0 Å². The molecule has 11 heteroatoms. The molecule has 4 rings (SSSR count). The predicted molar refractivity (Wildman–Crippen MR) is 139 cm³/mol. The largest absolute Gasteiger partial charge is 0.465 e. The summed E-state index contributed by atoms with van der Waals surface area (Å²) in [5.41, 5.74) is 1.55. The molecule has 2 N–H and O–H groups in total. The van der Waals surface area contributed by atoms with Crippen LogP contribution >= 0.6 is 11.6 Å². The van der Waals surface area contributed by atoms with Crippen molar-refractivity contribution in [3.05, 3.63) is 100 Å². The van der Waals surface area contributed by atoms with E-state index in [1.54, 1.807) is 18.2 Å². The highest BCUT2D eigenvalue weighted by Gasteiger charge is 2.39. The van der Waals surface area contributed by atoms with Crippen molar-refractivity contribution in [1.29, 1.82) is 0 Å². The maximum Gasteiger partial charge on any atom is 0.337 e. The van der Waals surface area contributed by atoms with Crippen LogP contribution in [0.25, 0.3) is 0 Å². The molecule has 0 aliphatic carbocycles. The third-order valence-electron chi connectivity index (χ3n) is 5.51. The monoisotopic (exact) mass is 533 g/mol. The lowest BCUT2D eigenvalue weighted by molar-refractivity contribution is -0.120. The number of hydrogen-bond donors (Lipinski definition) is 2. The Morgan fingerprint density at radius 2 is 1.34 bits per heavy atom. The average molecular weight is 534 g/mol. The van der Waals surface area contributed by atoms with Crippen LogP contribution < -0.4 is 15.5 Å². The van der Waals surface area contributed by atoms with Crippen molar-refractivity contribution in [2.24, 2.45) is 0 Å². The lowest BCUT2D eigenvalue weighted by atomic mass is 10.1. The summed E-state index contributed by atoms with van der Waals surface area (Å²) in [5.74, 6) is -3.05. The predicted octanol–water partition coefficient (Wildman–Crippen LogP) is 3.95. The van der Waals surface area contributed by atoms with E-state index in [-0.39, 0.29) is 27.5 Å². The normalized spacial score (nSPS) is 12.9. The van der Waals surface area contributed by atoms with Gasteiger partial charge in [-0.05, 0) is 60.7 Å². The number of anilines is 3. The minimum Gasteiger partial charge on any atom is -0.465 e. The Hall–Kier alpha value is -4.96. The molecule has 3 aromatic rings. The van der Waals surface area contributed by atoms with Crippen LogP contribution in [0.4, 0.5) is 17.1 Å². The van der Waals surface area contributed by atoms with Gasteiger partial charge in [-0.2, -0.15) is 0 Å². The molecular weight excluding hydrogens is 514 g/mol. The maximum atomic E-state index is 13.0. The smallest absolute Gasteiger partial charge is 0.337 e. The first kappa shape index (κ1) is 26.1. The molecule has 192 valence electrons. The lowest BCUT2D eigenvalue weighted by Crippen LogP contribution is -2.32. The van der Waals surface area contributed by atoms with E-state index in [1.807, 2.05) is 0 Å². The van der Waals surface area contributed by atoms with Crippen LogP contribution in [-0.4, -0.2) is 43.9 Å². The van der Waals surface area contributed by atoms with Crippen LogP contribution in [0.15, 0.2) is 83.5 Å². The van der Waals surface area contributed by atoms with Crippen molar-refractivity contribution in [3.8, 4) is 0 Å². The van der Waals surface area contributed by atoms with Crippen LogP contribution in [0.5, 0.6) is 0 Å². The number of benzene rings is 3. The van der Waals surface area contributed by atoms with Gasteiger partial charge in [-0.15, -0.1) is 0 Å². The van der Waals surface area contributed by atoms with E-state index in [4.69, 9.17) is 11.6 Å². The van der Waals surface area contributed by atoms with Crippen molar-refractivity contribution in [2.75, 3.05) is 29.8 Å². The number of ether oxygens (including phenoxy) is 2. The van der Waals surface area contributed by atoms with Gasteiger partial charge in [-0.25, -0.2) is 14.5 Å². The average Bonchev–Trinajstić information content (AvgIpc) is 3.15. The Balaban J connectivity index is 1.47. The molecule has 38 heavy (non-hydrogen) atoms. The number of methoxy groups -OCH3 is 2. The number of esters is 2. The first-order valence-corrected chi connectivity index (χ1v) is 11.4. The maximum absolute atomic E-state index is 13.0. The van der Waals surface area contributed by atoms with Gasteiger partial charge in [0.05, 0.1) is 31.0 Å². The quantitative estimate of drug-likeness (QED) is 0.345. The number of carbonyl (C=O) groups is 5. The lowest BCUT2D eigenvalue weighted by Gasteiger charge is -2.16. The molecular formula is C27H20ClN3O7. The second-order valence-electron chi connectivity index (χ2n) is 7.91. The SMILES string of the molecule is COC(=O)c1cccc(NC(=O)c2ccc(NC3=C(Cl)C(=O)N(c4cccc(C(=O)OC)c4)C3=O)cc2)c1. The van der Waals surface area contributed by atoms with E-state index in [9.17, 15) is 24.0 Å². The van der Waals surface area contributed by atoms with Gasteiger partial charge in [0.25, 0.3) is 17.7 Å². The van der Waals surface area contributed by atoms with Gasteiger partial charge in [-0.3, -0.25) is 14.4 Å². The summed E-state index contributed by atoms with van der Waals surface area (Å²) in [6, 6.07) is 18.2. The molecule has 0 fully saturated rings. The molecule has 0 saturated carbocycles. The summed E-state index contributed by atoms with van der Waals surface area (Å²) < 4.78 is 9.37. The fourth-order valence-electron chi connectivity index (χ4n) is 3.63. The topological polar surface area (TPSA) is 131 Å². The van der Waals surface area contributed by atoms with E-state index in [2.05, 4.69) is 20.1 Å². The van der Waals surface area contributed by atoms with E-state index < -0.39 is 29.7 Å². The second-order valence-corrected chi connectivity index (χ2v) is 8.28. The molecule has 0 atom stereocenters. The molecule has 3 amide bonds. The molecule has 0 aromatic heterocycles. The third-order valence-corrected chi connectivity index (χ3v) is 5.86. The number of nitrogens with zero attached hydrogens (tertiary/aromatic N) is 1. The highest BCUT2D eigenvalue weighted by atomic mass is 35.5. The van der Waals surface area contributed by atoms with E-state index in [0.717, 1.165) is 4.90 Å². The Morgan fingerprint density at radius 3 is 1.97 bits per heavy atom. The van der Waals surface area contributed by atoms with Gasteiger partial charge in [0, 0.05) is 16.9 Å². The number of halogens is 1. The standard InChI is InChI=1S/C27H20ClN3O7/c1-37-26(35)16-5-3-7-19(13-16)30-23(32)15-9-11-18(12-10-15)29-22-21(28)24(33)31(25(22)34)20-8-4-6-17(14-20)27(36)38-2/h3-14,29H,1-2H3,(H,30,32). The minimum atomic E-state index is -0.758. The zero-order valence-corrected chi connectivity index (χ0v) is 20.9. The third kappa shape index (κ3) is 5.25. The molecule has 0 bridgehead atoms. The molecule has 0 unspecified atom stereocenters. The van der Waals surface area contributed by atoms with Crippen molar-refractivity contribution >= 4 is 58.3 Å². The molecule has 0 saturated heterocycles. The number of carbonyl (C=O) groups excluding carboxylic acids is 5. The zero-order chi connectivity index (χ0) is 27.4. The molecule has 1 heterocycles. The minimum absolute atomic E-state index is 0.154. The second kappa shape index (κ2) is 11.0. The van der Waals surface area contributed by atoms with E-state index >= 15 is 0 Å². The Kier molecular flexibility index (Phi) is 7.54. The first-order chi connectivity index (χ1) is 18.2. The fraction of sp³-hybridized carbons (Fsp3) is 0.0741. The summed E-state index contributed by atoms with van der Waals surface area (Å²) in [4.78, 5) is 62.8. The fourth-order valence-corrected chi connectivity index (χ4v) is 3.84. The van der Waals surface area contributed by atoms with Crippen LogP contribution in [0.3, 0.4) is 0 Å². The number of hydrogen-bond acceptors (Lipinski definition) is 8. The summed E-state index contributed by atoms with van der Waals surface area (Å²) in [5, 5.41) is 5.19. The van der Waals surface area contributed by atoms with Gasteiger partial charge in [0.1, 0.15) is 10.7 Å².